The van der Waals surface area contributed by atoms with Crippen LogP contribution in [0.2, 0.25) is 0 Å². The first-order valence-electron chi connectivity index (χ1n) is 5.29. The van der Waals surface area contributed by atoms with Gasteiger partial charge >= 0.3 is 5.97 Å². The summed E-state index contributed by atoms with van der Waals surface area (Å²) in [5, 5.41) is 8.92. The van der Waals surface area contributed by atoms with Crippen LogP contribution in [0.3, 0.4) is 0 Å². The molecule has 1 rings (SSSR count). The van der Waals surface area contributed by atoms with Gasteiger partial charge in [-0.3, -0.25) is 0 Å². The van der Waals surface area contributed by atoms with E-state index in [2.05, 4.69) is 11.9 Å². The lowest BCUT2D eigenvalue weighted by Gasteiger charge is -1.98. The van der Waals surface area contributed by atoms with Crippen molar-refractivity contribution >= 4 is 5.97 Å². The molecule has 0 spiro atoms. The van der Waals surface area contributed by atoms with Gasteiger partial charge in [-0.2, -0.15) is 0 Å². The highest BCUT2D eigenvalue weighted by molar-refractivity contribution is 5.85. The Hall–Kier alpha value is -1.32. The van der Waals surface area contributed by atoms with Crippen LogP contribution in [-0.4, -0.2) is 16.1 Å². The molecule has 1 N–H and O–H groups in total. The van der Waals surface area contributed by atoms with E-state index in [9.17, 15) is 4.79 Å². The quantitative estimate of drug-likeness (QED) is 0.813. The zero-order valence-corrected chi connectivity index (χ0v) is 9.41. The maximum absolute atomic E-state index is 10.9. The third kappa shape index (κ3) is 2.81. The molecular weight excluding hydrogens is 194 g/mol. The van der Waals surface area contributed by atoms with Crippen molar-refractivity contribution in [2.24, 2.45) is 0 Å². The average Bonchev–Trinajstić information content (AvgIpc) is 2.58. The molecular formula is C11H17NO3. The van der Waals surface area contributed by atoms with E-state index < -0.39 is 5.97 Å². The molecule has 1 aromatic heterocycles. The number of aromatic nitrogens is 1. The monoisotopic (exact) mass is 211 g/mol. The van der Waals surface area contributed by atoms with E-state index in [0.29, 0.717) is 18.0 Å². The van der Waals surface area contributed by atoms with Gasteiger partial charge < -0.3 is 9.52 Å². The Kier molecular flexibility index (Phi) is 3.88. The summed E-state index contributed by atoms with van der Waals surface area (Å²) in [5.41, 5.74) is 0.550. The van der Waals surface area contributed by atoms with E-state index in [0.717, 1.165) is 12.8 Å². The van der Waals surface area contributed by atoms with Crippen LogP contribution in [0, 0.1) is 0 Å². The number of carbonyl (C=O) groups is 1. The number of carboxylic acids is 1. The van der Waals surface area contributed by atoms with Crippen LogP contribution in [0.25, 0.3) is 0 Å². The minimum Gasteiger partial charge on any atom is -0.475 e. The van der Waals surface area contributed by atoms with Crippen LogP contribution in [0.1, 0.15) is 61.7 Å². The molecule has 0 aromatic carbocycles. The van der Waals surface area contributed by atoms with Crippen molar-refractivity contribution in [2.75, 3.05) is 0 Å². The van der Waals surface area contributed by atoms with Crippen LogP contribution < -0.4 is 0 Å². The number of hydrogen-bond donors (Lipinski definition) is 1. The molecule has 1 heterocycles. The normalized spacial score (nSPS) is 10.9. The fourth-order valence-corrected chi connectivity index (χ4v) is 1.36. The number of hydrogen-bond acceptors (Lipinski definition) is 3. The van der Waals surface area contributed by atoms with E-state index >= 15 is 0 Å². The van der Waals surface area contributed by atoms with Crippen LogP contribution >= 0.6 is 0 Å². The lowest BCUT2D eigenvalue weighted by Crippen LogP contribution is -2.01. The summed E-state index contributed by atoms with van der Waals surface area (Å²) < 4.78 is 5.23. The largest absolute Gasteiger partial charge is 0.475 e. The van der Waals surface area contributed by atoms with E-state index in [-0.39, 0.29) is 11.7 Å². The van der Waals surface area contributed by atoms with Crippen LogP contribution in [0.4, 0.5) is 0 Å². The minimum atomic E-state index is -1.03. The molecule has 0 fully saturated rings. The zero-order chi connectivity index (χ0) is 11.4. The summed E-state index contributed by atoms with van der Waals surface area (Å²) in [5.74, 6) is -0.418. The number of unbranched alkanes of at least 4 members (excludes halogenated alkanes) is 1. The number of nitrogens with zero attached hydrogens (tertiary/aromatic N) is 1. The van der Waals surface area contributed by atoms with Crippen molar-refractivity contribution in [3.63, 3.8) is 0 Å². The molecule has 0 aliphatic rings. The maximum Gasteiger partial charge on any atom is 0.373 e. The fraction of sp³-hybridized carbons (Fsp3) is 0.636. The molecule has 4 nitrogen and oxygen atoms in total. The second-order valence-corrected chi connectivity index (χ2v) is 3.89. The highest BCUT2D eigenvalue weighted by Crippen LogP contribution is 2.20. The van der Waals surface area contributed by atoms with Crippen LogP contribution in [0.5, 0.6) is 0 Å². The topological polar surface area (TPSA) is 63.3 Å². The number of oxazole rings is 1. The predicted molar refractivity (Wildman–Crippen MR) is 56.2 cm³/mol. The molecule has 0 atom stereocenters. The summed E-state index contributed by atoms with van der Waals surface area (Å²) in [6, 6.07) is 0. The van der Waals surface area contributed by atoms with Crippen molar-refractivity contribution in [3.05, 3.63) is 17.3 Å². The van der Waals surface area contributed by atoms with Crippen molar-refractivity contribution in [2.45, 2.75) is 46.0 Å². The molecule has 0 saturated carbocycles. The van der Waals surface area contributed by atoms with Crippen LogP contribution in [-0.2, 0) is 6.42 Å². The fourth-order valence-electron chi connectivity index (χ4n) is 1.36. The third-order valence-corrected chi connectivity index (χ3v) is 2.18. The maximum atomic E-state index is 10.9. The average molecular weight is 211 g/mol. The van der Waals surface area contributed by atoms with Gasteiger partial charge in [0.05, 0.1) is 5.69 Å². The highest BCUT2D eigenvalue weighted by Gasteiger charge is 2.21. The molecule has 0 saturated heterocycles. The standard InChI is InChI=1S/C11H17NO3/c1-4-5-6-8-12-9(7(2)3)10(15-8)11(13)14/h7H,4-6H2,1-3H3,(H,13,14). The first-order valence-corrected chi connectivity index (χ1v) is 5.29. The van der Waals surface area contributed by atoms with Crippen molar-refractivity contribution in [1.29, 1.82) is 0 Å². The van der Waals surface area contributed by atoms with Gasteiger partial charge in [-0.05, 0) is 12.3 Å². The first-order chi connectivity index (χ1) is 7.06. The second kappa shape index (κ2) is 4.96. The van der Waals surface area contributed by atoms with Gasteiger partial charge in [-0.25, -0.2) is 9.78 Å². The lowest BCUT2D eigenvalue weighted by atomic mass is 10.1. The Morgan fingerprint density at radius 2 is 2.20 bits per heavy atom. The number of rotatable bonds is 5. The highest BCUT2D eigenvalue weighted by atomic mass is 16.4. The SMILES string of the molecule is CCCCc1nc(C(C)C)c(C(=O)O)o1. The predicted octanol–water partition coefficient (Wildman–Crippen LogP) is 2.84. The molecule has 15 heavy (non-hydrogen) atoms. The summed E-state index contributed by atoms with van der Waals surface area (Å²) in [4.78, 5) is 15.1. The molecule has 0 amide bonds. The van der Waals surface area contributed by atoms with Gasteiger partial charge in [0.1, 0.15) is 0 Å². The Labute approximate surface area is 89.3 Å². The minimum absolute atomic E-state index is 0.00361. The van der Waals surface area contributed by atoms with Gasteiger partial charge in [0, 0.05) is 6.42 Å². The van der Waals surface area contributed by atoms with Gasteiger partial charge in [-0.1, -0.05) is 27.2 Å². The molecule has 84 valence electrons. The molecule has 0 radical (unpaired) electrons. The lowest BCUT2D eigenvalue weighted by molar-refractivity contribution is 0.0658. The van der Waals surface area contributed by atoms with Crippen LogP contribution in [0.15, 0.2) is 4.42 Å². The molecule has 0 aliphatic carbocycles. The van der Waals surface area contributed by atoms with E-state index in [1.807, 2.05) is 13.8 Å². The number of aryl methyl sites for hydroxylation is 1. The molecule has 0 unspecified atom stereocenters. The summed E-state index contributed by atoms with van der Waals surface area (Å²) in [6.07, 6.45) is 2.72. The molecule has 0 bridgehead atoms. The molecule has 0 aliphatic heterocycles. The zero-order valence-electron chi connectivity index (χ0n) is 9.41. The van der Waals surface area contributed by atoms with Gasteiger partial charge in [-0.15, -0.1) is 0 Å². The van der Waals surface area contributed by atoms with Gasteiger partial charge in [0.15, 0.2) is 5.89 Å². The number of carboxylic acid groups (broad SMARTS) is 1. The van der Waals surface area contributed by atoms with Crippen molar-refractivity contribution < 1.29 is 14.3 Å². The molecule has 4 heteroatoms. The summed E-state index contributed by atoms with van der Waals surface area (Å²) >= 11 is 0. The second-order valence-electron chi connectivity index (χ2n) is 3.89. The van der Waals surface area contributed by atoms with Crippen molar-refractivity contribution in [3.8, 4) is 0 Å². The third-order valence-electron chi connectivity index (χ3n) is 2.18. The molecule has 1 aromatic rings. The Morgan fingerprint density at radius 3 is 2.60 bits per heavy atom. The first kappa shape index (κ1) is 11.8. The van der Waals surface area contributed by atoms with E-state index in [1.54, 1.807) is 0 Å². The van der Waals surface area contributed by atoms with E-state index in [1.165, 1.54) is 0 Å². The summed E-state index contributed by atoms with van der Waals surface area (Å²) in [6.45, 7) is 5.90. The van der Waals surface area contributed by atoms with Gasteiger partial charge in [0.25, 0.3) is 0 Å². The Bertz CT molecular complexity index is 342. The van der Waals surface area contributed by atoms with Crippen molar-refractivity contribution in [1.82, 2.24) is 4.98 Å². The van der Waals surface area contributed by atoms with Gasteiger partial charge in [0.2, 0.25) is 5.76 Å². The summed E-state index contributed by atoms with van der Waals surface area (Å²) in [7, 11) is 0. The van der Waals surface area contributed by atoms with E-state index in [4.69, 9.17) is 9.52 Å². The Balaban J connectivity index is 2.93. The number of aromatic carboxylic acids is 1. The smallest absolute Gasteiger partial charge is 0.373 e. The Morgan fingerprint density at radius 1 is 1.53 bits per heavy atom.